The number of hydrogen-bond acceptors (Lipinski definition) is 2. The smallest absolute Gasteiger partial charge is 0.126 e. The number of allylic oxidation sites excluding steroid dienone is 1. The number of hydrogen-bond donors (Lipinski definition) is 1. The summed E-state index contributed by atoms with van der Waals surface area (Å²) in [6.45, 7) is 3.88. The quantitative estimate of drug-likeness (QED) is 0.727. The van der Waals surface area contributed by atoms with Crippen molar-refractivity contribution in [2.75, 3.05) is 13.2 Å². The van der Waals surface area contributed by atoms with Crippen LogP contribution in [0.2, 0.25) is 0 Å². The number of para-hydroxylation sites is 1. The first-order valence-electron chi connectivity index (χ1n) is 6.48. The molecule has 1 aliphatic carbocycles. The highest BCUT2D eigenvalue weighted by Crippen LogP contribution is 2.20. The van der Waals surface area contributed by atoms with Gasteiger partial charge in [-0.05, 0) is 38.8 Å². The van der Waals surface area contributed by atoms with E-state index in [2.05, 4.69) is 17.5 Å². The van der Waals surface area contributed by atoms with Gasteiger partial charge in [-0.25, -0.2) is 0 Å². The maximum absolute atomic E-state index is 5.80. The van der Waals surface area contributed by atoms with E-state index in [0.717, 1.165) is 36.9 Å². The van der Waals surface area contributed by atoms with E-state index in [4.69, 9.17) is 4.74 Å². The van der Waals surface area contributed by atoms with Gasteiger partial charge < -0.3 is 10.1 Å². The summed E-state index contributed by atoms with van der Waals surface area (Å²) < 4.78 is 5.80. The standard InChI is InChI=1S/C15H21NO/c1-2-6-13-7-3-4-8-15(13)17-12-5-11-16-14-9-10-14/h2-4,6-8,14,16H,5,9-12H2,1H3/b6-2+. The fourth-order valence-electron chi connectivity index (χ4n) is 1.78. The summed E-state index contributed by atoms with van der Waals surface area (Å²) in [5, 5.41) is 3.49. The number of ether oxygens (including phenoxy) is 1. The first-order chi connectivity index (χ1) is 8.40. The van der Waals surface area contributed by atoms with Gasteiger partial charge in [0.25, 0.3) is 0 Å². The van der Waals surface area contributed by atoms with Crippen molar-refractivity contribution >= 4 is 6.08 Å². The van der Waals surface area contributed by atoms with Crippen LogP contribution in [0.1, 0.15) is 31.7 Å². The molecule has 0 amide bonds. The highest BCUT2D eigenvalue weighted by atomic mass is 16.5. The largest absolute Gasteiger partial charge is 0.493 e. The molecule has 2 heteroatoms. The Labute approximate surface area is 104 Å². The Balaban J connectivity index is 1.72. The van der Waals surface area contributed by atoms with E-state index >= 15 is 0 Å². The average molecular weight is 231 g/mol. The average Bonchev–Trinajstić information content (AvgIpc) is 3.15. The SMILES string of the molecule is C/C=C/c1ccccc1OCCCNC1CC1. The molecule has 1 fully saturated rings. The lowest BCUT2D eigenvalue weighted by atomic mass is 10.2. The second-order valence-corrected chi connectivity index (χ2v) is 4.47. The van der Waals surface area contributed by atoms with Gasteiger partial charge in [0, 0.05) is 11.6 Å². The van der Waals surface area contributed by atoms with Gasteiger partial charge in [-0.1, -0.05) is 30.4 Å². The number of rotatable bonds is 7. The number of nitrogens with one attached hydrogen (secondary N) is 1. The summed E-state index contributed by atoms with van der Waals surface area (Å²) >= 11 is 0. The zero-order chi connectivity index (χ0) is 11.9. The Morgan fingerprint density at radius 2 is 2.18 bits per heavy atom. The van der Waals surface area contributed by atoms with Crippen molar-refractivity contribution in [2.24, 2.45) is 0 Å². The van der Waals surface area contributed by atoms with Gasteiger partial charge in [-0.15, -0.1) is 0 Å². The molecule has 1 aromatic carbocycles. The van der Waals surface area contributed by atoms with Crippen molar-refractivity contribution in [3.05, 3.63) is 35.9 Å². The zero-order valence-corrected chi connectivity index (χ0v) is 10.5. The van der Waals surface area contributed by atoms with Crippen molar-refractivity contribution in [2.45, 2.75) is 32.2 Å². The molecule has 1 N–H and O–H groups in total. The van der Waals surface area contributed by atoms with Gasteiger partial charge in [0.1, 0.15) is 5.75 Å². The fourth-order valence-corrected chi connectivity index (χ4v) is 1.78. The van der Waals surface area contributed by atoms with Gasteiger partial charge in [0.2, 0.25) is 0 Å². The Kier molecular flexibility index (Phi) is 4.63. The maximum Gasteiger partial charge on any atom is 0.126 e. The van der Waals surface area contributed by atoms with Crippen molar-refractivity contribution < 1.29 is 4.74 Å². The van der Waals surface area contributed by atoms with Crippen LogP contribution in [0, 0.1) is 0 Å². The molecule has 0 unspecified atom stereocenters. The molecule has 2 rings (SSSR count). The van der Waals surface area contributed by atoms with E-state index in [1.54, 1.807) is 0 Å². The van der Waals surface area contributed by atoms with Crippen LogP contribution in [0.5, 0.6) is 5.75 Å². The lowest BCUT2D eigenvalue weighted by molar-refractivity contribution is 0.307. The Bertz CT molecular complexity index is 369. The number of benzene rings is 1. The topological polar surface area (TPSA) is 21.3 Å². The van der Waals surface area contributed by atoms with Crippen LogP contribution in [0.15, 0.2) is 30.3 Å². The zero-order valence-electron chi connectivity index (χ0n) is 10.5. The van der Waals surface area contributed by atoms with Gasteiger partial charge >= 0.3 is 0 Å². The van der Waals surface area contributed by atoms with Gasteiger partial charge in [-0.2, -0.15) is 0 Å². The van der Waals surface area contributed by atoms with E-state index in [1.807, 2.05) is 31.2 Å². The molecule has 0 radical (unpaired) electrons. The molecule has 0 aromatic heterocycles. The summed E-state index contributed by atoms with van der Waals surface area (Å²) in [5.74, 6) is 0.983. The Morgan fingerprint density at radius 3 is 2.94 bits per heavy atom. The molecule has 1 aliphatic rings. The monoisotopic (exact) mass is 231 g/mol. The van der Waals surface area contributed by atoms with Crippen LogP contribution in [0.4, 0.5) is 0 Å². The predicted molar refractivity (Wildman–Crippen MR) is 72.3 cm³/mol. The molecule has 2 nitrogen and oxygen atoms in total. The molecule has 1 saturated carbocycles. The molecule has 0 atom stereocenters. The summed E-state index contributed by atoms with van der Waals surface area (Å²) in [6.07, 6.45) is 7.89. The molecule has 92 valence electrons. The molecule has 1 aromatic rings. The minimum absolute atomic E-state index is 0.786. The van der Waals surface area contributed by atoms with Crippen LogP contribution in [0.3, 0.4) is 0 Å². The predicted octanol–water partition coefficient (Wildman–Crippen LogP) is 3.24. The first-order valence-corrected chi connectivity index (χ1v) is 6.48. The van der Waals surface area contributed by atoms with Crippen LogP contribution < -0.4 is 10.1 Å². The molecule has 0 heterocycles. The second kappa shape index (κ2) is 6.45. The molecule has 0 saturated heterocycles. The summed E-state index contributed by atoms with van der Waals surface area (Å²) in [7, 11) is 0. The summed E-state index contributed by atoms with van der Waals surface area (Å²) in [5.41, 5.74) is 1.16. The first kappa shape index (κ1) is 12.2. The van der Waals surface area contributed by atoms with Crippen molar-refractivity contribution in [1.82, 2.24) is 5.32 Å². The van der Waals surface area contributed by atoms with Crippen molar-refractivity contribution in [1.29, 1.82) is 0 Å². The summed E-state index contributed by atoms with van der Waals surface area (Å²) in [6, 6.07) is 8.97. The molecular weight excluding hydrogens is 210 g/mol. The minimum Gasteiger partial charge on any atom is -0.493 e. The van der Waals surface area contributed by atoms with Crippen LogP contribution in [0.25, 0.3) is 6.08 Å². The fraction of sp³-hybridized carbons (Fsp3) is 0.467. The van der Waals surface area contributed by atoms with Crippen LogP contribution >= 0.6 is 0 Å². The highest BCUT2D eigenvalue weighted by molar-refractivity contribution is 5.56. The molecule has 0 bridgehead atoms. The van der Waals surface area contributed by atoms with Crippen molar-refractivity contribution in [3.8, 4) is 5.75 Å². The van der Waals surface area contributed by atoms with E-state index in [1.165, 1.54) is 12.8 Å². The molecule has 0 spiro atoms. The highest BCUT2D eigenvalue weighted by Gasteiger charge is 2.19. The van der Waals surface area contributed by atoms with Gasteiger partial charge in [0.05, 0.1) is 6.61 Å². The molecule has 0 aliphatic heterocycles. The van der Waals surface area contributed by atoms with Crippen LogP contribution in [-0.4, -0.2) is 19.2 Å². The third-order valence-electron chi connectivity index (χ3n) is 2.85. The Hall–Kier alpha value is -1.28. The van der Waals surface area contributed by atoms with E-state index in [-0.39, 0.29) is 0 Å². The van der Waals surface area contributed by atoms with E-state index < -0.39 is 0 Å². The normalized spacial score (nSPS) is 15.4. The Morgan fingerprint density at radius 1 is 1.35 bits per heavy atom. The minimum atomic E-state index is 0.786. The summed E-state index contributed by atoms with van der Waals surface area (Å²) in [4.78, 5) is 0. The van der Waals surface area contributed by atoms with Gasteiger partial charge in [-0.3, -0.25) is 0 Å². The van der Waals surface area contributed by atoms with E-state index in [9.17, 15) is 0 Å². The molecule has 17 heavy (non-hydrogen) atoms. The third-order valence-corrected chi connectivity index (χ3v) is 2.85. The second-order valence-electron chi connectivity index (χ2n) is 4.47. The van der Waals surface area contributed by atoms with Crippen LogP contribution in [-0.2, 0) is 0 Å². The van der Waals surface area contributed by atoms with Crippen molar-refractivity contribution in [3.63, 3.8) is 0 Å². The lowest BCUT2D eigenvalue weighted by Crippen LogP contribution is -2.19. The van der Waals surface area contributed by atoms with Gasteiger partial charge in [0.15, 0.2) is 0 Å². The third kappa shape index (κ3) is 4.23. The maximum atomic E-state index is 5.80. The van der Waals surface area contributed by atoms with E-state index in [0.29, 0.717) is 0 Å². The molecular formula is C15H21NO. The lowest BCUT2D eigenvalue weighted by Gasteiger charge is -2.09.